The second-order valence-corrected chi connectivity index (χ2v) is 6.71. The van der Waals surface area contributed by atoms with Crippen molar-refractivity contribution in [3.05, 3.63) is 106 Å². The van der Waals surface area contributed by atoms with E-state index in [0.717, 1.165) is 5.69 Å². The minimum atomic E-state index is -0.649. The Labute approximate surface area is 177 Å². The number of nitrogens with zero attached hydrogens (tertiary/aromatic N) is 2. The molecule has 2 aromatic carbocycles. The molecule has 8 heteroatoms. The third kappa shape index (κ3) is 4.43. The number of carbonyl (C=O) groups is 2. The van der Waals surface area contributed by atoms with Crippen molar-refractivity contribution in [3.63, 3.8) is 0 Å². The lowest BCUT2D eigenvalue weighted by molar-refractivity contribution is 0.0994. The summed E-state index contributed by atoms with van der Waals surface area (Å²) < 4.78 is 6.60. The fraction of sp³-hybridized carbons (Fsp3) is 0.0435. The van der Waals surface area contributed by atoms with E-state index in [2.05, 4.69) is 15.7 Å². The number of aromatic nitrogens is 2. The highest BCUT2D eigenvalue weighted by Gasteiger charge is 2.16. The minimum absolute atomic E-state index is 0.166. The van der Waals surface area contributed by atoms with E-state index in [1.807, 2.05) is 30.3 Å². The first-order valence-corrected chi connectivity index (χ1v) is 9.44. The molecule has 0 spiro atoms. The van der Waals surface area contributed by atoms with Gasteiger partial charge in [0, 0.05) is 23.1 Å². The van der Waals surface area contributed by atoms with Crippen LogP contribution in [0.25, 0.3) is 5.69 Å². The van der Waals surface area contributed by atoms with Gasteiger partial charge in [-0.25, -0.2) is 4.68 Å². The summed E-state index contributed by atoms with van der Waals surface area (Å²) in [6.45, 7) is 1.74. The highest BCUT2D eigenvalue weighted by atomic mass is 16.3. The molecule has 4 rings (SSSR count). The van der Waals surface area contributed by atoms with Gasteiger partial charge in [0.05, 0.1) is 12.0 Å². The highest BCUT2D eigenvalue weighted by molar-refractivity contribution is 6.04. The van der Waals surface area contributed by atoms with Crippen LogP contribution in [0.3, 0.4) is 0 Å². The number of rotatable bonds is 5. The maximum Gasteiger partial charge on any atom is 0.291 e. The number of hydrogen-bond acceptors (Lipinski definition) is 5. The molecule has 31 heavy (non-hydrogen) atoms. The summed E-state index contributed by atoms with van der Waals surface area (Å²) in [6.07, 6.45) is 1.41. The molecule has 4 aromatic rings. The Kier molecular flexibility index (Phi) is 5.44. The molecular formula is C23H18N4O4. The Hall–Kier alpha value is -4.46. The van der Waals surface area contributed by atoms with Gasteiger partial charge in [0.25, 0.3) is 11.8 Å². The predicted octanol–water partition coefficient (Wildman–Crippen LogP) is 3.64. The number of amides is 2. The van der Waals surface area contributed by atoms with E-state index in [9.17, 15) is 14.4 Å². The highest BCUT2D eigenvalue weighted by Crippen LogP contribution is 2.17. The van der Waals surface area contributed by atoms with E-state index in [-0.39, 0.29) is 11.5 Å². The first-order chi connectivity index (χ1) is 15.0. The van der Waals surface area contributed by atoms with E-state index in [1.165, 1.54) is 17.0 Å². The van der Waals surface area contributed by atoms with Crippen molar-refractivity contribution in [1.82, 2.24) is 9.78 Å². The molecule has 0 saturated heterocycles. The summed E-state index contributed by atoms with van der Waals surface area (Å²) >= 11 is 0. The fourth-order valence-corrected chi connectivity index (χ4v) is 3.00. The quantitative estimate of drug-likeness (QED) is 0.519. The van der Waals surface area contributed by atoms with Crippen LogP contribution in [0.1, 0.15) is 26.7 Å². The number of hydrogen-bond donors (Lipinski definition) is 2. The average molecular weight is 414 g/mol. The van der Waals surface area contributed by atoms with Crippen molar-refractivity contribution in [3.8, 4) is 5.69 Å². The van der Waals surface area contributed by atoms with E-state index in [0.29, 0.717) is 17.1 Å². The molecule has 2 aromatic heterocycles. The normalized spacial score (nSPS) is 10.5. The maximum absolute atomic E-state index is 12.8. The van der Waals surface area contributed by atoms with Crippen LogP contribution in [0.4, 0.5) is 11.4 Å². The molecule has 0 aliphatic rings. The molecule has 0 unspecified atom stereocenters. The maximum atomic E-state index is 12.8. The van der Waals surface area contributed by atoms with Gasteiger partial charge in [0.15, 0.2) is 11.5 Å². The lowest BCUT2D eigenvalue weighted by Gasteiger charge is -2.12. The predicted molar refractivity (Wildman–Crippen MR) is 116 cm³/mol. The molecular weight excluding hydrogens is 396 g/mol. The van der Waals surface area contributed by atoms with E-state index >= 15 is 0 Å². The molecule has 0 radical (unpaired) electrons. The molecule has 154 valence electrons. The van der Waals surface area contributed by atoms with Gasteiger partial charge in [-0.1, -0.05) is 24.3 Å². The van der Waals surface area contributed by atoms with Crippen LogP contribution in [-0.4, -0.2) is 21.6 Å². The van der Waals surface area contributed by atoms with Crippen LogP contribution >= 0.6 is 0 Å². The van der Waals surface area contributed by atoms with Crippen molar-refractivity contribution in [2.45, 2.75) is 6.92 Å². The van der Waals surface area contributed by atoms with Crippen molar-refractivity contribution < 1.29 is 14.0 Å². The molecule has 0 aliphatic carbocycles. The molecule has 0 bridgehead atoms. The number of para-hydroxylation sites is 1. The molecule has 8 nitrogen and oxygen atoms in total. The minimum Gasteiger partial charge on any atom is -0.459 e. The zero-order valence-electron chi connectivity index (χ0n) is 16.5. The standard InChI is InChI=1S/C23H18N4O4/c1-15-13-19(28)21(26-27(15)18-9-3-2-4-10-18)23(30)25-17-8-5-7-16(14-17)24-22(29)20-11-6-12-31-20/h2-14H,1H3,(H,24,29)(H,25,30). The Balaban J connectivity index is 1.56. The average Bonchev–Trinajstić information content (AvgIpc) is 3.30. The van der Waals surface area contributed by atoms with E-state index in [4.69, 9.17) is 4.42 Å². The molecule has 2 N–H and O–H groups in total. The van der Waals surface area contributed by atoms with Gasteiger partial charge in [-0.15, -0.1) is 0 Å². The lowest BCUT2D eigenvalue weighted by atomic mass is 10.2. The zero-order chi connectivity index (χ0) is 21.8. The first-order valence-electron chi connectivity index (χ1n) is 9.44. The Morgan fingerprint density at radius 3 is 2.26 bits per heavy atom. The summed E-state index contributed by atoms with van der Waals surface area (Å²) in [4.78, 5) is 37.3. The Morgan fingerprint density at radius 2 is 1.58 bits per heavy atom. The number of anilines is 2. The van der Waals surface area contributed by atoms with Crippen molar-refractivity contribution in [1.29, 1.82) is 0 Å². The second-order valence-electron chi connectivity index (χ2n) is 6.71. The summed E-state index contributed by atoms with van der Waals surface area (Å²) in [5.74, 6) is -0.900. The van der Waals surface area contributed by atoms with Crippen molar-refractivity contribution in [2.24, 2.45) is 0 Å². The van der Waals surface area contributed by atoms with E-state index in [1.54, 1.807) is 43.3 Å². The van der Waals surface area contributed by atoms with Crippen LogP contribution in [0.2, 0.25) is 0 Å². The SMILES string of the molecule is Cc1cc(=O)c(C(=O)Nc2cccc(NC(=O)c3ccco3)c2)nn1-c1ccccc1. The second kappa shape index (κ2) is 8.50. The van der Waals surface area contributed by atoms with Crippen LogP contribution < -0.4 is 16.1 Å². The number of aryl methyl sites for hydroxylation is 1. The Bertz CT molecular complexity index is 1290. The zero-order valence-corrected chi connectivity index (χ0v) is 16.5. The molecule has 0 atom stereocenters. The molecule has 0 saturated carbocycles. The molecule has 2 amide bonds. The van der Waals surface area contributed by atoms with E-state index < -0.39 is 17.2 Å². The van der Waals surface area contributed by atoms with Gasteiger partial charge in [-0.05, 0) is 49.4 Å². The van der Waals surface area contributed by atoms with Crippen LogP contribution in [0.5, 0.6) is 0 Å². The van der Waals surface area contributed by atoms with Crippen molar-refractivity contribution >= 4 is 23.2 Å². The van der Waals surface area contributed by atoms with Gasteiger partial charge >= 0.3 is 0 Å². The summed E-state index contributed by atoms with van der Waals surface area (Å²) in [6, 6.07) is 20.3. The van der Waals surface area contributed by atoms with Gasteiger partial charge in [-0.2, -0.15) is 5.10 Å². The van der Waals surface area contributed by atoms with Crippen LogP contribution in [0, 0.1) is 6.92 Å². The topological polar surface area (TPSA) is 106 Å². The first kappa shape index (κ1) is 19.8. The van der Waals surface area contributed by atoms with Crippen molar-refractivity contribution in [2.75, 3.05) is 10.6 Å². The largest absolute Gasteiger partial charge is 0.459 e. The monoisotopic (exact) mass is 414 g/mol. The van der Waals surface area contributed by atoms with Gasteiger partial charge in [-0.3, -0.25) is 14.4 Å². The fourth-order valence-electron chi connectivity index (χ4n) is 3.00. The van der Waals surface area contributed by atoms with Gasteiger partial charge in [0.2, 0.25) is 5.43 Å². The summed E-state index contributed by atoms with van der Waals surface area (Å²) in [5.41, 5.74) is 1.48. The van der Waals surface area contributed by atoms with Gasteiger partial charge in [0.1, 0.15) is 0 Å². The third-order valence-corrected chi connectivity index (χ3v) is 4.45. The molecule has 0 aliphatic heterocycles. The smallest absolute Gasteiger partial charge is 0.291 e. The summed E-state index contributed by atoms with van der Waals surface area (Å²) in [5, 5.41) is 9.59. The lowest BCUT2D eigenvalue weighted by Crippen LogP contribution is -2.26. The number of benzene rings is 2. The van der Waals surface area contributed by atoms with Crippen LogP contribution in [-0.2, 0) is 0 Å². The number of furan rings is 1. The third-order valence-electron chi connectivity index (χ3n) is 4.45. The summed E-state index contributed by atoms with van der Waals surface area (Å²) in [7, 11) is 0. The number of carbonyl (C=O) groups excluding carboxylic acids is 2. The van der Waals surface area contributed by atoms with Crippen LogP contribution in [0.15, 0.2) is 88.3 Å². The molecule has 0 fully saturated rings. The number of nitrogens with one attached hydrogen (secondary N) is 2. The Morgan fingerprint density at radius 1 is 0.871 bits per heavy atom. The van der Waals surface area contributed by atoms with Gasteiger partial charge < -0.3 is 15.1 Å². The molecule has 2 heterocycles.